The van der Waals surface area contributed by atoms with E-state index in [0.29, 0.717) is 18.5 Å². The third-order valence-corrected chi connectivity index (χ3v) is 2.78. The molecule has 5 heteroatoms. The average Bonchev–Trinajstić information content (AvgIpc) is 2.35. The summed E-state index contributed by atoms with van der Waals surface area (Å²) in [6.45, 7) is 6.66. The molecular weight excluding hydrogens is 238 g/mol. The van der Waals surface area contributed by atoms with Crippen molar-refractivity contribution in [3.63, 3.8) is 0 Å². The van der Waals surface area contributed by atoms with Gasteiger partial charge in [-0.05, 0) is 18.0 Å². The van der Waals surface area contributed by atoms with Gasteiger partial charge in [0.25, 0.3) is 5.91 Å². The fourth-order valence-corrected chi connectivity index (χ4v) is 1.98. The monoisotopic (exact) mass is 255 g/mol. The Balaban J connectivity index is 0.000000686. The molecule has 0 fully saturated rings. The highest BCUT2D eigenvalue weighted by molar-refractivity contribution is 6.28. The molecule has 1 aromatic heterocycles. The largest absolute Gasteiger partial charge is 0.341 e. The molecule has 0 aliphatic carbocycles. The molecule has 1 aliphatic heterocycles. The molecule has 1 amide bonds. The van der Waals surface area contributed by atoms with Gasteiger partial charge in [-0.3, -0.25) is 4.79 Å². The lowest BCUT2D eigenvalue weighted by Gasteiger charge is -2.25. The number of fused-ring (bicyclic) bond motifs is 1. The van der Waals surface area contributed by atoms with Gasteiger partial charge in [0.15, 0.2) is 0 Å². The van der Waals surface area contributed by atoms with E-state index >= 15 is 0 Å². The summed E-state index contributed by atoms with van der Waals surface area (Å²) in [4.78, 5) is 21.8. The molecule has 0 N–H and O–H groups in total. The highest BCUT2D eigenvalue weighted by Gasteiger charge is 2.26. The van der Waals surface area contributed by atoms with E-state index in [1.165, 1.54) is 0 Å². The number of aryl methyl sites for hydroxylation is 1. The lowest BCUT2D eigenvalue weighted by Crippen LogP contribution is -2.36. The van der Waals surface area contributed by atoms with Gasteiger partial charge in [0, 0.05) is 20.0 Å². The van der Waals surface area contributed by atoms with Gasteiger partial charge in [-0.25, -0.2) is 9.97 Å². The zero-order valence-electron chi connectivity index (χ0n) is 10.7. The summed E-state index contributed by atoms with van der Waals surface area (Å²) in [5.41, 5.74) is 2.19. The third-order valence-electron chi connectivity index (χ3n) is 2.61. The smallest absolute Gasteiger partial charge is 0.257 e. The van der Waals surface area contributed by atoms with Crippen LogP contribution in [0.1, 0.15) is 42.5 Å². The third kappa shape index (κ3) is 2.75. The predicted molar refractivity (Wildman–Crippen MR) is 68.4 cm³/mol. The maximum atomic E-state index is 11.9. The van der Waals surface area contributed by atoms with Gasteiger partial charge >= 0.3 is 0 Å². The molecule has 0 atom stereocenters. The van der Waals surface area contributed by atoms with E-state index in [9.17, 15) is 4.79 Å². The Morgan fingerprint density at radius 3 is 2.59 bits per heavy atom. The van der Waals surface area contributed by atoms with Crippen molar-refractivity contribution in [1.82, 2.24) is 14.9 Å². The molecule has 4 nitrogen and oxygen atoms in total. The highest BCUT2D eigenvalue weighted by Crippen LogP contribution is 2.21. The molecule has 2 heterocycles. The Hall–Kier alpha value is -1.16. The summed E-state index contributed by atoms with van der Waals surface area (Å²) in [6.07, 6.45) is 1.46. The van der Waals surface area contributed by atoms with Gasteiger partial charge in [-0.15, -0.1) is 0 Å². The number of likely N-dealkylation sites (N-methyl/N-ethyl adjacent to an activating group) is 1. The van der Waals surface area contributed by atoms with Crippen LogP contribution in [0, 0.1) is 0 Å². The van der Waals surface area contributed by atoms with Crippen molar-refractivity contribution in [3.8, 4) is 0 Å². The minimum Gasteiger partial charge on any atom is -0.341 e. The summed E-state index contributed by atoms with van der Waals surface area (Å²) in [5.74, 6) is 0.00441. The fourth-order valence-electron chi connectivity index (χ4n) is 1.78. The van der Waals surface area contributed by atoms with Crippen LogP contribution in [0.5, 0.6) is 0 Å². The summed E-state index contributed by atoms with van der Waals surface area (Å²) in [7, 11) is 1.79. The number of halogens is 1. The van der Waals surface area contributed by atoms with E-state index in [2.05, 4.69) is 9.97 Å². The second-order valence-electron chi connectivity index (χ2n) is 3.59. The lowest BCUT2D eigenvalue weighted by atomic mass is 10.0. The van der Waals surface area contributed by atoms with Crippen molar-refractivity contribution in [2.24, 2.45) is 0 Å². The molecule has 2 rings (SSSR count). The number of carbonyl (C=O) groups excluding carboxylic acids is 1. The topological polar surface area (TPSA) is 46.1 Å². The van der Waals surface area contributed by atoms with Gasteiger partial charge in [0.2, 0.25) is 5.28 Å². The molecule has 0 spiro atoms. The van der Waals surface area contributed by atoms with Crippen molar-refractivity contribution < 1.29 is 4.79 Å². The SMILES string of the molecule is CC.CCc1nc(Cl)nc2c1C(=O)N(C)CC2. The van der Waals surface area contributed by atoms with E-state index in [1.807, 2.05) is 20.8 Å². The summed E-state index contributed by atoms with van der Waals surface area (Å²) < 4.78 is 0. The van der Waals surface area contributed by atoms with Crippen LogP contribution >= 0.6 is 11.6 Å². The first-order valence-electron chi connectivity index (χ1n) is 5.94. The molecule has 1 aliphatic rings. The molecular formula is C12H18ClN3O. The first-order chi connectivity index (χ1) is 8.13. The number of rotatable bonds is 1. The number of amides is 1. The first-order valence-corrected chi connectivity index (χ1v) is 6.32. The molecule has 0 aromatic carbocycles. The van der Waals surface area contributed by atoms with E-state index in [4.69, 9.17) is 11.6 Å². The quantitative estimate of drug-likeness (QED) is 0.724. The van der Waals surface area contributed by atoms with Crippen molar-refractivity contribution in [3.05, 3.63) is 22.2 Å². The standard InChI is InChI=1S/C10H12ClN3O.C2H6/c1-3-6-8-7(13-10(11)12-6)4-5-14(2)9(8)15;1-2/h3-5H2,1-2H3;1-2H3. The van der Waals surface area contributed by atoms with Crippen LogP contribution in [0.15, 0.2) is 0 Å². The van der Waals surface area contributed by atoms with E-state index in [-0.39, 0.29) is 11.2 Å². The van der Waals surface area contributed by atoms with Gasteiger partial charge in [-0.2, -0.15) is 0 Å². The summed E-state index contributed by atoms with van der Waals surface area (Å²) in [6, 6.07) is 0. The first kappa shape index (κ1) is 13.9. The average molecular weight is 256 g/mol. The number of carbonyl (C=O) groups is 1. The lowest BCUT2D eigenvalue weighted by molar-refractivity contribution is 0.0777. The van der Waals surface area contributed by atoms with E-state index in [1.54, 1.807) is 11.9 Å². The van der Waals surface area contributed by atoms with Crippen LogP contribution in [0.2, 0.25) is 5.28 Å². The predicted octanol–water partition coefficient (Wildman–Crippen LogP) is 2.35. The molecule has 0 saturated carbocycles. The van der Waals surface area contributed by atoms with Crippen LogP contribution in [0.4, 0.5) is 0 Å². The maximum Gasteiger partial charge on any atom is 0.257 e. The Morgan fingerprint density at radius 2 is 2.00 bits per heavy atom. The Kier molecular flexibility index (Phi) is 4.87. The van der Waals surface area contributed by atoms with Gasteiger partial charge < -0.3 is 4.90 Å². The van der Waals surface area contributed by atoms with Crippen molar-refractivity contribution in [2.75, 3.05) is 13.6 Å². The van der Waals surface area contributed by atoms with Crippen LogP contribution in [0.25, 0.3) is 0 Å². The van der Waals surface area contributed by atoms with Crippen LogP contribution < -0.4 is 0 Å². The van der Waals surface area contributed by atoms with Gasteiger partial charge in [0.05, 0.1) is 17.0 Å². The fraction of sp³-hybridized carbons (Fsp3) is 0.583. The Labute approximate surface area is 107 Å². The molecule has 17 heavy (non-hydrogen) atoms. The van der Waals surface area contributed by atoms with E-state index < -0.39 is 0 Å². The number of aromatic nitrogens is 2. The van der Waals surface area contributed by atoms with Crippen LogP contribution in [-0.2, 0) is 12.8 Å². The van der Waals surface area contributed by atoms with Crippen LogP contribution in [0.3, 0.4) is 0 Å². The van der Waals surface area contributed by atoms with Gasteiger partial charge in [-0.1, -0.05) is 20.8 Å². The normalized spacial score (nSPS) is 13.9. The minimum atomic E-state index is 0.00441. The second-order valence-corrected chi connectivity index (χ2v) is 3.93. The van der Waals surface area contributed by atoms with Crippen molar-refractivity contribution in [1.29, 1.82) is 0 Å². The molecule has 1 aromatic rings. The number of hydrogen-bond acceptors (Lipinski definition) is 3. The minimum absolute atomic E-state index is 0.00441. The molecule has 0 saturated heterocycles. The molecule has 0 bridgehead atoms. The molecule has 0 radical (unpaired) electrons. The number of nitrogens with zero attached hydrogens (tertiary/aromatic N) is 3. The summed E-state index contributed by atoms with van der Waals surface area (Å²) >= 11 is 5.80. The zero-order chi connectivity index (χ0) is 13.0. The second kappa shape index (κ2) is 5.96. The molecule has 94 valence electrons. The van der Waals surface area contributed by atoms with Crippen molar-refractivity contribution >= 4 is 17.5 Å². The van der Waals surface area contributed by atoms with Crippen molar-refractivity contribution in [2.45, 2.75) is 33.6 Å². The Morgan fingerprint density at radius 1 is 1.35 bits per heavy atom. The molecule has 0 unspecified atom stereocenters. The van der Waals surface area contributed by atoms with Crippen LogP contribution in [-0.4, -0.2) is 34.4 Å². The van der Waals surface area contributed by atoms with Gasteiger partial charge in [0.1, 0.15) is 0 Å². The zero-order valence-corrected chi connectivity index (χ0v) is 11.5. The number of hydrogen-bond donors (Lipinski definition) is 0. The Bertz CT molecular complexity index is 403. The highest BCUT2D eigenvalue weighted by atomic mass is 35.5. The van der Waals surface area contributed by atoms with E-state index in [0.717, 1.165) is 17.8 Å². The maximum absolute atomic E-state index is 11.9. The summed E-state index contributed by atoms with van der Waals surface area (Å²) in [5, 5.41) is 0.239.